The molecule has 0 aromatic heterocycles. The molecule has 0 saturated carbocycles. The van der Waals surface area contributed by atoms with Crippen LogP contribution in [0.5, 0.6) is 17.2 Å². The number of aliphatic hydroxyl groups excluding tert-OH is 1. The molecule has 1 atom stereocenters. The van der Waals surface area contributed by atoms with Crippen molar-refractivity contribution >= 4 is 17.4 Å². The van der Waals surface area contributed by atoms with Gasteiger partial charge in [0.2, 0.25) is 0 Å². The molecule has 36 heavy (non-hydrogen) atoms. The zero-order valence-corrected chi connectivity index (χ0v) is 20.3. The monoisotopic (exact) mass is 487 g/mol. The van der Waals surface area contributed by atoms with E-state index in [1.165, 1.54) is 11.0 Å². The molecule has 186 valence electrons. The van der Waals surface area contributed by atoms with Crippen LogP contribution in [0.3, 0.4) is 0 Å². The van der Waals surface area contributed by atoms with Gasteiger partial charge in [-0.15, -0.1) is 0 Å². The molecular formula is C29H29NO6. The number of aromatic hydroxyl groups is 1. The first-order valence-electron chi connectivity index (χ1n) is 12.0. The molecule has 3 aromatic rings. The molecule has 1 heterocycles. The summed E-state index contributed by atoms with van der Waals surface area (Å²) in [7, 11) is 0. The summed E-state index contributed by atoms with van der Waals surface area (Å²) in [6.45, 7) is 4.69. The number of Topliss-reactive ketones (excluding diaryl/α,β-unsaturated/α-hetero) is 1. The number of ether oxygens (including phenoxy) is 2. The van der Waals surface area contributed by atoms with Crippen LogP contribution in [0, 0.1) is 0 Å². The molecule has 0 spiro atoms. The summed E-state index contributed by atoms with van der Waals surface area (Å²) in [5, 5.41) is 21.5. The van der Waals surface area contributed by atoms with Gasteiger partial charge in [-0.05, 0) is 55.7 Å². The highest BCUT2D eigenvalue weighted by Crippen LogP contribution is 2.42. The number of amides is 1. The number of hydrogen-bond donors (Lipinski definition) is 2. The molecule has 0 aliphatic carbocycles. The highest BCUT2D eigenvalue weighted by Gasteiger charge is 2.46. The zero-order valence-electron chi connectivity index (χ0n) is 20.3. The molecule has 4 rings (SSSR count). The van der Waals surface area contributed by atoms with Gasteiger partial charge in [0.25, 0.3) is 11.7 Å². The van der Waals surface area contributed by atoms with E-state index in [9.17, 15) is 19.8 Å². The number of nitrogens with zero attached hydrogens (tertiary/aromatic N) is 1. The summed E-state index contributed by atoms with van der Waals surface area (Å²) in [6.07, 6.45) is 0.528. The lowest BCUT2D eigenvalue weighted by atomic mass is 9.94. The van der Waals surface area contributed by atoms with Crippen molar-refractivity contribution < 1.29 is 29.3 Å². The van der Waals surface area contributed by atoms with Gasteiger partial charge in [0.1, 0.15) is 11.5 Å². The van der Waals surface area contributed by atoms with E-state index >= 15 is 0 Å². The van der Waals surface area contributed by atoms with Gasteiger partial charge in [-0.2, -0.15) is 0 Å². The van der Waals surface area contributed by atoms with E-state index in [0.717, 1.165) is 5.56 Å². The van der Waals surface area contributed by atoms with Crippen molar-refractivity contribution in [1.29, 1.82) is 0 Å². The smallest absolute Gasteiger partial charge is 0.295 e. The number of aliphatic hydroxyl groups is 1. The Morgan fingerprint density at radius 2 is 1.67 bits per heavy atom. The maximum absolute atomic E-state index is 13.3. The predicted octanol–water partition coefficient (Wildman–Crippen LogP) is 4.85. The Kier molecular flexibility index (Phi) is 7.59. The fourth-order valence-electron chi connectivity index (χ4n) is 4.38. The van der Waals surface area contributed by atoms with E-state index in [1.54, 1.807) is 43.3 Å². The Bertz CT molecular complexity index is 1280. The first-order valence-corrected chi connectivity index (χ1v) is 12.0. The molecule has 1 amide bonds. The Morgan fingerprint density at radius 1 is 0.917 bits per heavy atom. The molecule has 0 bridgehead atoms. The van der Waals surface area contributed by atoms with E-state index in [1.807, 2.05) is 37.3 Å². The third-order valence-electron chi connectivity index (χ3n) is 6.04. The van der Waals surface area contributed by atoms with Crippen molar-refractivity contribution in [3.63, 3.8) is 0 Å². The molecule has 1 aliphatic heterocycles. The number of likely N-dealkylation sites (tertiary alicyclic amines) is 1. The number of phenols is 1. The normalized spacial score (nSPS) is 16.8. The number of ketones is 1. The van der Waals surface area contributed by atoms with Gasteiger partial charge in [-0.25, -0.2) is 0 Å². The highest BCUT2D eigenvalue weighted by atomic mass is 16.5. The van der Waals surface area contributed by atoms with Crippen molar-refractivity contribution in [2.75, 3.05) is 19.8 Å². The van der Waals surface area contributed by atoms with Crippen LogP contribution in [0.1, 0.15) is 36.6 Å². The number of hydrogen-bond acceptors (Lipinski definition) is 6. The maximum atomic E-state index is 13.3. The number of benzene rings is 3. The van der Waals surface area contributed by atoms with Crippen molar-refractivity contribution in [2.45, 2.75) is 26.3 Å². The van der Waals surface area contributed by atoms with Gasteiger partial charge >= 0.3 is 0 Å². The van der Waals surface area contributed by atoms with E-state index in [0.29, 0.717) is 36.5 Å². The second kappa shape index (κ2) is 11.0. The highest BCUT2D eigenvalue weighted by molar-refractivity contribution is 6.46. The summed E-state index contributed by atoms with van der Waals surface area (Å²) < 4.78 is 11.1. The number of carbonyl (C=O) groups is 2. The van der Waals surface area contributed by atoms with Crippen LogP contribution in [-0.4, -0.2) is 46.6 Å². The van der Waals surface area contributed by atoms with E-state index in [-0.39, 0.29) is 29.4 Å². The third-order valence-corrected chi connectivity index (χ3v) is 6.04. The lowest BCUT2D eigenvalue weighted by Gasteiger charge is -2.26. The van der Waals surface area contributed by atoms with Crippen LogP contribution in [0.2, 0.25) is 0 Å². The van der Waals surface area contributed by atoms with Crippen LogP contribution in [0.15, 0.2) is 78.4 Å². The van der Waals surface area contributed by atoms with Gasteiger partial charge in [-0.3, -0.25) is 9.59 Å². The Labute approximate surface area is 210 Å². The van der Waals surface area contributed by atoms with Gasteiger partial charge in [0.15, 0.2) is 11.5 Å². The van der Waals surface area contributed by atoms with E-state index in [2.05, 4.69) is 0 Å². The first kappa shape index (κ1) is 24.9. The zero-order chi connectivity index (χ0) is 25.7. The average Bonchev–Trinajstić information content (AvgIpc) is 3.14. The minimum absolute atomic E-state index is 0.0187. The molecule has 7 nitrogen and oxygen atoms in total. The SMILES string of the molecule is CCOc1cccc(C(O)=C2C(=O)C(=O)N(CCc3ccccc3)C2c2ccc(O)c(OCC)c2)c1. The topological polar surface area (TPSA) is 96.3 Å². The minimum atomic E-state index is -0.857. The molecule has 7 heteroatoms. The molecular weight excluding hydrogens is 458 g/mol. The Balaban J connectivity index is 1.82. The molecule has 0 radical (unpaired) electrons. The first-order chi connectivity index (χ1) is 17.4. The fourth-order valence-corrected chi connectivity index (χ4v) is 4.38. The number of rotatable bonds is 9. The van der Waals surface area contributed by atoms with Gasteiger partial charge < -0.3 is 24.6 Å². The van der Waals surface area contributed by atoms with Crippen LogP contribution < -0.4 is 9.47 Å². The summed E-state index contributed by atoms with van der Waals surface area (Å²) in [6, 6.07) is 20.3. The van der Waals surface area contributed by atoms with E-state index < -0.39 is 17.7 Å². The van der Waals surface area contributed by atoms with Gasteiger partial charge in [-0.1, -0.05) is 48.5 Å². The third kappa shape index (κ3) is 5.05. The number of carbonyl (C=O) groups excluding carboxylic acids is 2. The molecule has 1 fully saturated rings. The second-order valence-electron chi connectivity index (χ2n) is 8.35. The lowest BCUT2D eigenvalue weighted by Crippen LogP contribution is -2.31. The lowest BCUT2D eigenvalue weighted by molar-refractivity contribution is -0.139. The predicted molar refractivity (Wildman–Crippen MR) is 136 cm³/mol. The van der Waals surface area contributed by atoms with Crippen molar-refractivity contribution in [3.05, 3.63) is 95.1 Å². The van der Waals surface area contributed by atoms with Crippen LogP contribution >= 0.6 is 0 Å². The molecule has 2 N–H and O–H groups in total. The summed E-state index contributed by atoms with van der Waals surface area (Å²) >= 11 is 0. The maximum Gasteiger partial charge on any atom is 0.295 e. The summed E-state index contributed by atoms with van der Waals surface area (Å²) in [5.74, 6) is -1.01. The Morgan fingerprint density at radius 3 is 2.39 bits per heavy atom. The molecule has 1 aliphatic rings. The van der Waals surface area contributed by atoms with Crippen molar-refractivity contribution in [2.24, 2.45) is 0 Å². The van der Waals surface area contributed by atoms with Crippen molar-refractivity contribution in [3.8, 4) is 17.2 Å². The Hall–Kier alpha value is -4.26. The minimum Gasteiger partial charge on any atom is -0.507 e. The van der Waals surface area contributed by atoms with Gasteiger partial charge in [0.05, 0.1) is 24.8 Å². The average molecular weight is 488 g/mol. The fraction of sp³-hybridized carbons (Fsp3) is 0.241. The molecule has 1 saturated heterocycles. The standard InChI is InChI=1S/C29H29NO6/c1-3-35-22-12-8-11-21(17-22)27(32)25-26(20-13-14-23(31)24(18-20)36-4-2)30(29(34)28(25)33)16-15-19-9-6-5-7-10-19/h5-14,17-18,26,31-32H,3-4,15-16H2,1-2H3. The second-order valence-corrected chi connectivity index (χ2v) is 8.35. The quantitative estimate of drug-likeness (QED) is 0.254. The number of phenolic OH excluding ortho intramolecular Hbond substituents is 1. The van der Waals surface area contributed by atoms with Crippen LogP contribution in [0.25, 0.3) is 5.76 Å². The van der Waals surface area contributed by atoms with Crippen molar-refractivity contribution in [1.82, 2.24) is 4.90 Å². The summed E-state index contributed by atoms with van der Waals surface area (Å²) in [4.78, 5) is 28.0. The van der Waals surface area contributed by atoms with Crippen LogP contribution in [0.4, 0.5) is 0 Å². The van der Waals surface area contributed by atoms with Crippen LogP contribution in [-0.2, 0) is 16.0 Å². The van der Waals surface area contributed by atoms with Gasteiger partial charge in [0, 0.05) is 12.1 Å². The van der Waals surface area contributed by atoms with E-state index in [4.69, 9.17) is 9.47 Å². The summed E-state index contributed by atoms with van der Waals surface area (Å²) in [5.41, 5.74) is 1.92. The molecule has 3 aromatic carbocycles. The molecule has 1 unspecified atom stereocenters. The largest absolute Gasteiger partial charge is 0.507 e.